The average Bonchev–Trinajstić information content (AvgIpc) is 2.41. The highest BCUT2D eigenvalue weighted by Gasteiger charge is 2.36. The quantitative estimate of drug-likeness (QED) is 0.863. The minimum absolute atomic E-state index is 0.101. The van der Waals surface area contributed by atoms with E-state index in [-0.39, 0.29) is 17.7 Å². The van der Waals surface area contributed by atoms with Crippen molar-refractivity contribution in [3.63, 3.8) is 0 Å². The second-order valence-electron chi connectivity index (χ2n) is 6.36. The Bertz CT molecular complexity index is 507. The molecule has 0 aliphatic heterocycles. The highest BCUT2D eigenvalue weighted by molar-refractivity contribution is 5.67. The van der Waals surface area contributed by atoms with Crippen molar-refractivity contribution in [1.82, 2.24) is 0 Å². The molecule has 1 atom stereocenters. The zero-order valence-electron chi connectivity index (χ0n) is 12.4. The minimum Gasteiger partial charge on any atom is -0.481 e. The number of benzene rings is 1. The zero-order chi connectivity index (χ0) is 15.5. The third-order valence-electron chi connectivity index (χ3n) is 4.63. The highest BCUT2D eigenvalue weighted by atomic mass is 19.1. The highest BCUT2D eigenvalue weighted by Crippen LogP contribution is 2.45. The van der Waals surface area contributed by atoms with Gasteiger partial charge in [-0.2, -0.15) is 0 Å². The van der Waals surface area contributed by atoms with Gasteiger partial charge in [0.05, 0.1) is 12.5 Å². The average molecular weight is 294 g/mol. The molecule has 0 radical (unpaired) electrons. The first kappa shape index (κ1) is 16.0. The van der Waals surface area contributed by atoms with Crippen molar-refractivity contribution in [2.45, 2.75) is 58.0 Å². The Labute approximate surface area is 124 Å². The summed E-state index contributed by atoms with van der Waals surface area (Å²) in [4.78, 5) is 11.2. The summed E-state index contributed by atoms with van der Waals surface area (Å²) in [6.45, 7) is 1.67. The summed E-state index contributed by atoms with van der Waals surface area (Å²) in [5.74, 6) is -1.09. The Balaban J connectivity index is 2.15. The number of aliphatic carboxylic acids is 1. The Morgan fingerprint density at radius 3 is 2.57 bits per heavy atom. The molecule has 116 valence electrons. The van der Waals surface area contributed by atoms with E-state index < -0.39 is 12.1 Å². The molecule has 0 aromatic heterocycles. The predicted octanol–water partition coefficient (Wildman–Crippen LogP) is 3.98. The summed E-state index contributed by atoms with van der Waals surface area (Å²) >= 11 is 0. The van der Waals surface area contributed by atoms with Crippen molar-refractivity contribution in [3.05, 3.63) is 35.1 Å². The van der Waals surface area contributed by atoms with E-state index in [9.17, 15) is 14.3 Å². The molecule has 0 bridgehead atoms. The zero-order valence-corrected chi connectivity index (χ0v) is 12.4. The molecule has 1 aliphatic carbocycles. The Hall–Kier alpha value is -1.42. The number of aliphatic hydroxyl groups excluding tert-OH is 1. The topological polar surface area (TPSA) is 57.5 Å². The van der Waals surface area contributed by atoms with Crippen LogP contribution in [0.4, 0.5) is 4.39 Å². The number of aryl methyl sites for hydroxylation is 1. The first-order valence-electron chi connectivity index (χ1n) is 7.58. The van der Waals surface area contributed by atoms with Gasteiger partial charge in [0.15, 0.2) is 0 Å². The van der Waals surface area contributed by atoms with Crippen LogP contribution in [-0.2, 0) is 4.79 Å². The van der Waals surface area contributed by atoms with E-state index in [1.807, 2.05) is 0 Å². The van der Waals surface area contributed by atoms with Crippen LogP contribution in [0.1, 0.15) is 62.2 Å². The van der Waals surface area contributed by atoms with Gasteiger partial charge in [0.2, 0.25) is 0 Å². The van der Waals surface area contributed by atoms with Crippen molar-refractivity contribution < 1.29 is 19.4 Å². The summed E-state index contributed by atoms with van der Waals surface area (Å²) in [7, 11) is 0. The second kappa shape index (κ2) is 6.56. The molecule has 0 amide bonds. The van der Waals surface area contributed by atoms with Crippen LogP contribution in [0.5, 0.6) is 0 Å². The summed E-state index contributed by atoms with van der Waals surface area (Å²) in [6, 6.07) is 4.60. The van der Waals surface area contributed by atoms with Gasteiger partial charge >= 0.3 is 5.97 Å². The normalized spacial score (nSPS) is 19.2. The number of halogens is 1. The maximum absolute atomic E-state index is 13.3. The van der Waals surface area contributed by atoms with E-state index in [0.717, 1.165) is 32.1 Å². The number of aliphatic hydroxyl groups is 1. The van der Waals surface area contributed by atoms with Crippen molar-refractivity contribution in [3.8, 4) is 0 Å². The summed E-state index contributed by atoms with van der Waals surface area (Å²) in [5.41, 5.74) is 0.845. The molecule has 2 rings (SSSR count). The van der Waals surface area contributed by atoms with E-state index >= 15 is 0 Å². The van der Waals surface area contributed by atoms with Crippen molar-refractivity contribution in [2.75, 3.05) is 0 Å². The van der Waals surface area contributed by atoms with Crippen molar-refractivity contribution in [2.24, 2.45) is 5.41 Å². The van der Waals surface area contributed by atoms with E-state index in [4.69, 9.17) is 5.11 Å². The summed E-state index contributed by atoms with van der Waals surface area (Å²) in [5, 5.41) is 19.6. The van der Waals surface area contributed by atoms with Crippen molar-refractivity contribution in [1.29, 1.82) is 0 Å². The molecular formula is C17H23FO3. The Morgan fingerprint density at radius 2 is 2.00 bits per heavy atom. The predicted molar refractivity (Wildman–Crippen MR) is 78.5 cm³/mol. The van der Waals surface area contributed by atoms with Gasteiger partial charge in [0, 0.05) is 0 Å². The van der Waals surface area contributed by atoms with E-state index in [1.165, 1.54) is 6.07 Å². The van der Waals surface area contributed by atoms with Crippen LogP contribution in [0.2, 0.25) is 0 Å². The van der Waals surface area contributed by atoms with Gasteiger partial charge in [-0.3, -0.25) is 4.79 Å². The van der Waals surface area contributed by atoms with Crippen LogP contribution in [0.25, 0.3) is 0 Å². The smallest absolute Gasteiger partial charge is 0.303 e. The van der Waals surface area contributed by atoms with Crippen LogP contribution in [0.15, 0.2) is 18.2 Å². The Morgan fingerprint density at radius 1 is 1.33 bits per heavy atom. The fourth-order valence-corrected chi connectivity index (χ4v) is 3.48. The molecule has 21 heavy (non-hydrogen) atoms. The molecular weight excluding hydrogens is 271 g/mol. The summed E-state index contributed by atoms with van der Waals surface area (Å²) in [6.07, 6.45) is 4.65. The third-order valence-corrected chi connectivity index (χ3v) is 4.63. The molecule has 2 N–H and O–H groups in total. The second-order valence-corrected chi connectivity index (χ2v) is 6.36. The lowest BCUT2D eigenvalue weighted by Gasteiger charge is -2.37. The van der Waals surface area contributed by atoms with E-state index in [1.54, 1.807) is 19.1 Å². The monoisotopic (exact) mass is 294 g/mol. The molecule has 1 aromatic rings. The summed E-state index contributed by atoms with van der Waals surface area (Å²) < 4.78 is 13.3. The lowest BCUT2D eigenvalue weighted by Crippen LogP contribution is -2.29. The number of hydrogen-bond donors (Lipinski definition) is 2. The lowest BCUT2D eigenvalue weighted by atomic mass is 9.68. The molecule has 1 aliphatic rings. The maximum atomic E-state index is 13.3. The van der Waals surface area contributed by atoms with Crippen LogP contribution >= 0.6 is 0 Å². The molecule has 4 heteroatoms. The Kier molecular flexibility index (Phi) is 4.99. The lowest BCUT2D eigenvalue weighted by molar-refractivity contribution is -0.141. The molecule has 3 nitrogen and oxygen atoms in total. The fourth-order valence-electron chi connectivity index (χ4n) is 3.48. The van der Waals surface area contributed by atoms with Gasteiger partial charge in [-0.15, -0.1) is 0 Å². The van der Waals surface area contributed by atoms with Gasteiger partial charge < -0.3 is 10.2 Å². The molecule has 1 fully saturated rings. The van der Waals surface area contributed by atoms with E-state index in [0.29, 0.717) is 17.5 Å². The number of rotatable bonds is 5. The number of carboxylic acid groups (broad SMARTS) is 1. The number of carbonyl (C=O) groups is 1. The first-order valence-corrected chi connectivity index (χ1v) is 7.58. The van der Waals surface area contributed by atoms with E-state index in [2.05, 4.69) is 0 Å². The number of hydrogen-bond acceptors (Lipinski definition) is 2. The van der Waals surface area contributed by atoms with Gasteiger partial charge in [-0.25, -0.2) is 4.39 Å². The van der Waals surface area contributed by atoms with Crippen LogP contribution in [0.3, 0.4) is 0 Å². The molecule has 1 unspecified atom stereocenters. The minimum atomic E-state index is -0.806. The SMILES string of the molecule is Cc1cc(C(O)CC2(CC(=O)O)CCCCC2)ccc1F. The maximum Gasteiger partial charge on any atom is 0.303 e. The molecule has 0 spiro atoms. The van der Waals surface area contributed by atoms with Crippen LogP contribution < -0.4 is 0 Å². The molecule has 1 aromatic carbocycles. The van der Waals surface area contributed by atoms with Crippen molar-refractivity contribution >= 4 is 5.97 Å². The fraction of sp³-hybridized carbons (Fsp3) is 0.588. The molecule has 0 saturated heterocycles. The number of carboxylic acids is 1. The van der Waals surface area contributed by atoms with Gasteiger partial charge in [-0.1, -0.05) is 31.4 Å². The van der Waals surface area contributed by atoms with Crippen LogP contribution in [-0.4, -0.2) is 16.2 Å². The molecule has 1 saturated carbocycles. The standard InChI is InChI=1S/C17H23FO3/c1-12-9-13(5-6-14(12)18)15(19)10-17(11-16(20)21)7-3-2-4-8-17/h5-6,9,15,19H,2-4,7-8,10-11H2,1H3,(H,20,21). The molecule has 0 heterocycles. The first-order chi connectivity index (χ1) is 9.92. The largest absolute Gasteiger partial charge is 0.481 e. The van der Waals surface area contributed by atoms with Crippen LogP contribution in [0, 0.1) is 18.2 Å². The van der Waals surface area contributed by atoms with Gasteiger partial charge in [0.25, 0.3) is 0 Å². The third kappa shape index (κ3) is 4.03. The van der Waals surface area contributed by atoms with Gasteiger partial charge in [0.1, 0.15) is 5.82 Å². The van der Waals surface area contributed by atoms with Gasteiger partial charge in [-0.05, 0) is 48.8 Å².